The predicted molar refractivity (Wildman–Crippen MR) is 103 cm³/mol. The van der Waals surface area contributed by atoms with Gasteiger partial charge in [0.1, 0.15) is 0 Å². The normalized spacial score (nSPS) is 22.7. The van der Waals surface area contributed by atoms with Crippen LogP contribution in [-0.4, -0.2) is 44.5 Å². The Morgan fingerprint density at radius 3 is 3.00 bits per heavy atom. The Kier molecular flexibility index (Phi) is 9.47. The zero-order valence-corrected chi connectivity index (χ0v) is 16.6. The first kappa shape index (κ1) is 21.6. The number of carbonyl (C=O) groups excluding carboxylic acids is 2. The van der Waals surface area contributed by atoms with Gasteiger partial charge in [-0.05, 0) is 37.6 Å². The number of methoxy groups -OCH3 is 1. The summed E-state index contributed by atoms with van der Waals surface area (Å²) in [5.41, 5.74) is 5.68. The third-order valence-electron chi connectivity index (χ3n) is 4.27. The lowest BCUT2D eigenvalue weighted by Gasteiger charge is -2.35. The first-order chi connectivity index (χ1) is 13.1. The highest BCUT2D eigenvalue weighted by Crippen LogP contribution is 2.22. The molecular formula is C19H28N2O5S. The van der Waals surface area contributed by atoms with Crippen molar-refractivity contribution in [1.29, 1.82) is 0 Å². The van der Waals surface area contributed by atoms with Gasteiger partial charge in [-0.1, -0.05) is 18.2 Å². The highest BCUT2D eigenvalue weighted by molar-refractivity contribution is 7.12. The molecule has 2 N–H and O–H groups in total. The van der Waals surface area contributed by atoms with Crippen LogP contribution in [0.15, 0.2) is 29.7 Å². The maximum atomic E-state index is 12.0. The molecule has 1 saturated heterocycles. The number of esters is 1. The topological polar surface area (TPSA) is 85.9 Å². The fraction of sp³-hybridized carbons (Fsp3) is 0.579. The molecule has 0 aliphatic carbocycles. The quantitative estimate of drug-likeness (QED) is 0.274. The number of nitrogens with one attached hydrogen (secondary N) is 2. The number of hydrogen-bond donors (Lipinski definition) is 2. The van der Waals surface area contributed by atoms with Crippen LogP contribution in [-0.2, 0) is 19.0 Å². The highest BCUT2D eigenvalue weighted by atomic mass is 32.1. The summed E-state index contributed by atoms with van der Waals surface area (Å²) in [5.74, 6) is -0.126. The lowest BCUT2D eigenvalue weighted by Crippen LogP contribution is -2.48. The van der Waals surface area contributed by atoms with Gasteiger partial charge in [0.2, 0.25) is 0 Å². The lowest BCUT2D eigenvalue weighted by molar-refractivity contribution is -0.225. The van der Waals surface area contributed by atoms with E-state index in [0.717, 1.165) is 19.3 Å². The van der Waals surface area contributed by atoms with Gasteiger partial charge in [0.25, 0.3) is 5.91 Å². The fourth-order valence-corrected chi connectivity index (χ4v) is 3.37. The van der Waals surface area contributed by atoms with Crippen LogP contribution >= 0.6 is 11.3 Å². The second kappa shape index (κ2) is 11.9. The van der Waals surface area contributed by atoms with Gasteiger partial charge in [-0.2, -0.15) is 0 Å². The number of ether oxygens (including phenoxy) is 3. The van der Waals surface area contributed by atoms with Crippen LogP contribution in [0.2, 0.25) is 0 Å². The van der Waals surface area contributed by atoms with Crippen LogP contribution < -0.4 is 10.9 Å². The minimum atomic E-state index is -0.259. The molecule has 7 nitrogen and oxygen atoms in total. The largest absolute Gasteiger partial charge is 0.469 e. The van der Waals surface area contributed by atoms with Crippen molar-refractivity contribution in [2.45, 2.75) is 45.0 Å². The van der Waals surface area contributed by atoms with Crippen LogP contribution in [0, 0.1) is 5.92 Å². The van der Waals surface area contributed by atoms with Crippen molar-refractivity contribution in [3.8, 4) is 0 Å². The second-order valence-electron chi connectivity index (χ2n) is 6.32. The van der Waals surface area contributed by atoms with Crippen molar-refractivity contribution < 1.29 is 23.8 Å². The van der Waals surface area contributed by atoms with Crippen LogP contribution in [0.3, 0.4) is 0 Å². The monoisotopic (exact) mass is 396 g/mol. The van der Waals surface area contributed by atoms with Crippen LogP contribution in [0.1, 0.15) is 42.3 Å². The van der Waals surface area contributed by atoms with E-state index in [2.05, 4.69) is 27.7 Å². The number of allylic oxidation sites excluding steroid dienone is 2. The van der Waals surface area contributed by atoms with Crippen molar-refractivity contribution in [1.82, 2.24) is 10.9 Å². The maximum absolute atomic E-state index is 12.0. The van der Waals surface area contributed by atoms with Gasteiger partial charge in [-0.15, -0.1) is 11.3 Å². The van der Waals surface area contributed by atoms with E-state index in [1.807, 2.05) is 18.4 Å². The Balaban J connectivity index is 1.71. The summed E-state index contributed by atoms with van der Waals surface area (Å²) in [4.78, 5) is 23.7. The fourth-order valence-electron chi connectivity index (χ4n) is 2.75. The molecule has 2 heterocycles. The van der Waals surface area contributed by atoms with Crippen molar-refractivity contribution >= 4 is 23.2 Å². The SMILES string of the molecule is COC(=O)CCCC=CC[C@H]1CO[C@@H](C)O[C@H]1CNNC(=O)c1cccs1. The van der Waals surface area contributed by atoms with E-state index in [9.17, 15) is 9.59 Å². The first-order valence-electron chi connectivity index (χ1n) is 9.15. The number of thiophene rings is 1. The molecule has 0 aromatic carbocycles. The Morgan fingerprint density at radius 2 is 2.26 bits per heavy atom. The molecule has 3 atom stereocenters. The lowest BCUT2D eigenvalue weighted by atomic mass is 9.97. The third-order valence-corrected chi connectivity index (χ3v) is 5.14. The van der Waals surface area contributed by atoms with Gasteiger partial charge in [0.15, 0.2) is 6.29 Å². The van der Waals surface area contributed by atoms with Crippen molar-refractivity contribution in [3.05, 3.63) is 34.5 Å². The van der Waals surface area contributed by atoms with Gasteiger partial charge in [-0.3, -0.25) is 15.0 Å². The Labute approximate surface area is 164 Å². The molecule has 1 aromatic rings. The van der Waals surface area contributed by atoms with E-state index in [0.29, 0.717) is 24.4 Å². The Hall–Kier alpha value is -1.74. The van der Waals surface area contributed by atoms with Crippen LogP contribution in [0.4, 0.5) is 0 Å². The average Bonchev–Trinajstić information content (AvgIpc) is 3.20. The van der Waals surface area contributed by atoms with Crippen LogP contribution in [0.5, 0.6) is 0 Å². The van der Waals surface area contributed by atoms with Gasteiger partial charge < -0.3 is 14.2 Å². The number of amides is 1. The first-order valence-corrected chi connectivity index (χ1v) is 10.0. The van der Waals surface area contributed by atoms with E-state index in [-0.39, 0.29) is 30.2 Å². The Morgan fingerprint density at radius 1 is 1.41 bits per heavy atom. The molecule has 0 bridgehead atoms. The van der Waals surface area contributed by atoms with E-state index in [1.54, 1.807) is 6.07 Å². The molecule has 2 rings (SSSR count). The molecular weight excluding hydrogens is 368 g/mol. The van der Waals surface area contributed by atoms with Gasteiger partial charge >= 0.3 is 5.97 Å². The van der Waals surface area contributed by atoms with Gasteiger partial charge in [-0.25, -0.2) is 5.43 Å². The summed E-state index contributed by atoms with van der Waals surface area (Å²) in [5, 5.41) is 1.87. The third kappa shape index (κ3) is 7.80. The molecule has 1 aromatic heterocycles. The molecule has 1 amide bonds. The molecule has 150 valence electrons. The minimum absolute atomic E-state index is 0.0582. The standard InChI is InChI=1S/C19H28N2O5S/c1-14-25-13-15(8-5-3-4-6-10-18(22)24-2)16(26-14)12-20-21-19(23)17-9-7-11-27-17/h3,5,7,9,11,14-16,20H,4,6,8,10,12-13H2,1-2H3,(H,21,23)/t14-,15+,16+/m1/s1. The van der Waals surface area contributed by atoms with Gasteiger partial charge in [0.05, 0.1) is 24.7 Å². The summed E-state index contributed by atoms with van der Waals surface area (Å²) in [6, 6.07) is 3.62. The predicted octanol–water partition coefficient (Wildman–Crippen LogP) is 2.65. The summed E-state index contributed by atoms with van der Waals surface area (Å²) < 4.78 is 16.1. The number of hydrazine groups is 1. The molecule has 0 spiro atoms. The molecule has 1 fully saturated rings. The van der Waals surface area contributed by atoms with Crippen LogP contribution in [0.25, 0.3) is 0 Å². The Bertz CT molecular complexity index is 605. The summed E-state index contributed by atoms with van der Waals surface area (Å²) in [6.45, 7) is 2.99. The zero-order chi connectivity index (χ0) is 19.5. The zero-order valence-electron chi connectivity index (χ0n) is 15.8. The summed E-state index contributed by atoms with van der Waals surface area (Å²) >= 11 is 1.40. The van der Waals surface area contributed by atoms with E-state index < -0.39 is 0 Å². The number of hydrogen-bond acceptors (Lipinski definition) is 7. The molecule has 8 heteroatoms. The molecule has 0 unspecified atom stereocenters. The highest BCUT2D eigenvalue weighted by Gasteiger charge is 2.29. The maximum Gasteiger partial charge on any atom is 0.305 e. The smallest absolute Gasteiger partial charge is 0.305 e. The molecule has 1 aliphatic rings. The van der Waals surface area contributed by atoms with Crippen molar-refractivity contribution in [3.63, 3.8) is 0 Å². The number of carbonyl (C=O) groups is 2. The second-order valence-corrected chi connectivity index (χ2v) is 7.27. The van der Waals surface area contributed by atoms with Crippen molar-refractivity contribution in [2.75, 3.05) is 20.3 Å². The average molecular weight is 397 g/mol. The summed E-state index contributed by atoms with van der Waals surface area (Å²) in [7, 11) is 1.40. The number of unbranched alkanes of at least 4 members (excludes halogenated alkanes) is 1. The molecule has 1 aliphatic heterocycles. The van der Waals surface area contributed by atoms with Gasteiger partial charge in [0, 0.05) is 18.9 Å². The molecule has 0 saturated carbocycles. The minimum Gasteiger partial charge on any atom is -0.469 e. The van der Waals surface area contributed by atoms with Crippen molar-refractivity contribution in [2.24, 2.45) is 5.92 Å². The molecule has 0 radical (unpaired) electrons. The van der Waals surface area contributed by atoms with E-state index in [1.165, 1.54) is 18.4 Å². The summed E-state index contributed by atoms with van der Waals surface area (Å²) in [6.07, 6.45) is 6.71. The number of rotatable bonds is 10. The van der Waals surface area contributed by atoms with E-state index >= 15 is 0 Å². The molecule has 27 heavy (non-hydrogen) atoms. The van der Waals surface area contributed by atoms with E-state index in [4.69, 9.17) is 9.47 Å².